The number of ether oxygens (including phenoxy) is 2. The number of urea groups is 1. The van der Waals surface area contributed by atoms with Crippen LogP contribution in [0.1, 0.15) is 38.7 Å². The molecule has 6 heteroatoms. The van der Waals surface area contributed by atoms with Crippen molar-refractivity contribution in [2.45, 2.75) is 39.3 Å². The zero-order chi connectivity index (χ0) is 16.5. The number of esters is 1. The maximum atomic E-state index is 11.7. The van der Waals surface area contributed by atoms with Gasteiger partial charge >= 0.3 is 12.0 Å². The fraction of sp³-hybridized carbons (Fsp3) is 0.500. The molecule has 22 heavy (non-hydrogen) atoms. The minimum atomic E-state index is -0.488. The summed E-state index contributed by atoms with van der Waals surface area (Å²) in [6.07, 6.45) is -0.354. The Bertz CT molecular complexity index is 503. The summed E-state index contributed by atoms with van der Waals surface area (Å²) in [5.41, 5.74) is 1.09. The van der Waals surface area contributed by atoms with Crippen LogP contribution in [0, 0.1) is 0 Å². The van der Waals surface area contributed by atoms with Crippen LogP contribution in [-0.2, 0) is 9.53 Å². The third-order valence-corrected chi connectivity index (χ3v) is 3.02. The molecule has 0 bridgehead atoms. The molecule has 0 saturated heterocycles. The van der Waals surface area contributed by atoms with Gasteiger partial charge in [-0.05, 0) is 24.5 Å². The summed E-state index contributed by atoms with van der Waals surface area (Å²) in [7, 11) is 1.31. The van der Waals surface area contributed by atoms with Gasteiger partial charge in [0, 0.05) is 6.54 Å². The quantitative estimate of drug-likeness (QED) is 0.599. The molecule has 0 aliphatic carbocycles. The Labute approximate surface area is 131 Å². The lowest BCUT2D eigenvalue weighted by Crippen LogP contribution is -2.44. The van der Waals surface area contributed by atoms with Gasteiger partial charge in [0.2, 0.25) is 0 Å². The lowest BCUT2D eigenvalue weighted by molar-refractivity contribution is -0.140. The Balaban J connectivity index is 2.44. The predicted octanol–water partition coefficient (Wildman–Crippen LogP) is 2.40. The van der Waals surface area contributed by atoms with Crippen molar-refractivity contribution < 1.29 is 19.1 Å². The number of carbonyl (C=O) groups is 2. The lowest BCUT2D eigenvalue weighted by atomic mass is 10.0. The molecule has 0 fully saturated rings. The SMILES string of the molecule is COC(=O)CCNC(=O)NC(C)Oc1ccccc1C(C)C. The molecule has 6 nitrogen and oxygen atoms in total. The predicted molar refractivity (Wildman–Crippen MR) is 83.8 cm³/mol. The molecule has 2 amide bonds. The van der Waals surface area contributed by atoms with Gasteiger partial charge in [-0.1, -0.05) is 32.0 Å². The largest absolute Gasteiger partial charge is 0.471 e. The highest BCUT2D eigenvalue weighted by molar-refractivity contribution is 5.75. The number of rotatable bonds is 7. The molecular weight excluding hydrogens is 284 g/mol. The van der Waals surface area contributed by atoms with Crippen LogP contribution in [0.2, 0.25) is 0 Å². The number of benzene rings is 1. The average Bonchev–Trinajstić information content (AvgIpc) is 2.47. The zero-order valence-corrected chi connectivity index (χ0v) is 13.5. The molecule has 0 heterocycles. The summed E-state index contributed by atoms with van der Waals surface area (Å²) >= 11 is 0. The molecule has 1 atom stereocenters. The number of amides is 2. The second-order valence-electron chi connectivity index (χ2n) is 5.18. The topological polar surface area (TPSA) is 76.7 Å². The van der Waals surface area contributed by atoms with E-state index in [1.807, 2.05) is 24.3 Å². The second-order valence-corrected chi connectivity index (χ2v) is 5.18. The third kappa shape index (κ3) is 6.03. The molecule has 0 aromatic heterocycles. The smallest absolute Gasteiger partial charge is 0.317 e. The lowest BCUT2D eigenvalue weighted by Gasteiger charge is -2.20. The second kappa shape index (κ2) is 8.92. The molecule has 0 spiro atoms. The molecule has 0 aliphatic heterocycles. The summed E-state index contributed by atoms with van der Waals surface area (Å²) in [5.74, 6) is 0.715. The van der Waals surface area contributed by atoms with Gasteiger partial charge in [0.25, 0.3) is 0 Å². The van der Waals surface area contributed by atoms with Crippen LogP contribution in [0.15, 0.2) is 24.3 Å². The van der Waals surface area contributed by atoms with Gasteiger partial charge in [-0.2, -0.15) is 0 Å². The van der Waals surface area contributed by atoms with Crippen LogP contribution >= 0.6 is 0 Å². The maximum Gasteiger partial charge on any atom is 0.317 e. The minimum absolute atomic E-state index is 0.134. The van der Waals surface area contributed by atoms with E-state index in [1.54, 1.807) is 6.92 Å². The van der Waals surface area contributed by atoms with Crippen molar-refractivity contribution in [3.63, 3.8) is 0 Å². The summed E-state index contributed by atoms with van der Waals surface area (Å²) in [4.78, 5) is 22.6. The molecular formula is C16H24N2O4. The van der Waals surface area contributed by atoms with Gasteiger partial charge in [-0.3, -0.25) is 4.79 Å². The number of carbonyl (C=O) groups excluding carboxylic acids is 2. The van der Waals surface area contributed by atoms with Gasteiger partial charge in [0.15, 0.2) is 6.23 Å². The van der Waals surface area contributed by atoms with Crippen LogP contribution in [0.4, 0.5) is 4.79 Å². The Hall–Kier alpha value is -2.24. The fourth-order valence-electron chi connectivity index (χ4n) is 1.90. The Morgan fingerprint density at radius 3 is 2.50 bits per heavy atom. The first-order valence-electron chi connectivity index (χ1n) is 7.30. The molecule has 122 valence electrons. The average molecular weight is 308 g/mol. The van der Waals surface area contributed by atoms with E-state index in [4.69, 9.17) is 4.74 Å². The van der Waals surface area contributed by atoms with Crippen LogP contribution in [0.25, 0.3) is 0 Å². The minimum Gasteiger partial charge on any atom is -0.471 e. The van der Waals surface area contributed by atoms with Gasteiger partial charge in [0.05, 0.1) is 13.5 Å². The summed E-state index contributed by atoms with van der Waals surface area (Å²) in [6, 6.07) is 7.34. The zero-order valence-electron chi connectivity index (χ0n) is 13.5. The third-order valence-electron chi connectivity index (χ3n) is 3.02. The van der Waals surface area contributed by atoms with Crippen molar-refractivity contribution in [1.82, 2.24) is 10.6 Å². The Kier molecular flexibility index (Phi) is 7.22. The van der Waals surface area contributed by atoms with Crippen molar-refractivity contribution in [2.24, 2.45) is 0 Å². The van der Waals surface area contributed by atoms with E-state index in [1.165, 1.54) is 7.11 Å². The van der Waals surface area contributed by atoms with Crippen molar-refractivity contribution in [3.05, 3.63) is 29.8 Å². The molecule has 0 aliphatic rings. The van der Waals surface area contributed by atoms with E-state index in [0.29, 0.717) is 5.92 Å². The standard InChI is InChI=1S/C16H24N2O4/c1-11(2)13-7-5-6-8-14(13)22-12(3)18-16(20)17-10-9-15(19)21-4/h5-8,11-12H,9-10H2,1-4H3,(H2,17,18,20). The Morgan fingerprint density at radius 2 is 1.86 bits per heavy atom. The van der Waals surface area contributed by atoms with Crippen LogP contribution in [0.5, 0.6) is 5.75 Å². The van der Waals surface area contributed by atoms with Gasteiger partial charge in [0.1, 0.15) is 5.75 Å². The summed E-state index contributed by atoms with van der Waals surface area (Å²) < 4.78 is 10.3. The number of hydrogen-bond acceptors (Lipinski definition) is 4. The first-order valence-corrected chi connectivity index (χ1v) is 7.30. The van der Waals surface area contributed by atoms with Gasteiger partial charge in [-0.15, -0.1) is 0 Å². The van der Waals surface area contributed by atoms with Gasteiger partial charge in [-0.25, -0.2) is 4.79 Å². The van der Waals surface area contributed by atoms with Crippen molar-refractivity contribution in [3.8, 4) is 5.75 Å². The van der Waals surface area contributed by atoms with Crippen molar-refractivity contribution in [2.75, 3.05) is 13.7 Å². The molecule has 2 N–H and O–H groups in total. The highest BCUT2D eigenvalue weighted by Crippen LogP contribution is 2.26. The number of nitrogens with one attached hydrogen (secondary N) is 2. The van der Waals surface area contributed by atoms with E-state index in [9.17, 15) is 9.59 Å². The maximum absolute atomic E-state index is 11.7. The first-order chi connectivity index (χ1) is 10.4. The number of hydrogen-bond donors (Lipinski definition) is 2. The van der Waals surface area contributed by atoms with E-state index in [0.717, 1.165) is 11.3 Å². The molecule has 1 aromatic carbocycles. The molecule has 0 saturated carbocycles. The van der Waals surface area contributed by atoms with E-state index in [-0.39, 0.29) is 18.9 Å². The van der Waals surface area contributed by atoms with Crippen LogP contribution < -0.4 is 15.4 Å². The van der Waals surface area contributed by atoms with E-state index in [2.05, 4.69) is 29.2 Å². The van der Waals surface area contributed by atoms with Crippen molar-refractivity contribution in [1.29, 1.82) is 0 Å². The van der Waals surface area contributed by atoms with Crippen LogP contribution in [0.3, 0.4) is 0 Å². The van der Waals surface area contributed by atoms with Crippen molar-refractivity contribution >= 4 is 12.0 Å². The summed E-state index contributed by atoms with van der Waals surface area (Å²) in [6.45, 7) is 6.13. The molecule has 1 rings (SSSR count). The fourth-order valence-corrected chi connectivity index (χ4v) is 1.90. The number of methoxy groups -OCH3 is 1. The molecule has 1 aromatic rings. The normalized spacial score (nSPS) is 11.7. The van der Waals surface area contributed by atoms with E-state index >= 15 is 0 Å². The van der Waals surface area contributed by atoms with Gasteiger partial charge < -0.3 is 20.1 Å². The van der Waals surface area contributed by atoms with Crippen LogP contribution in [-0.4, -0.2) is 31.9 Å². The first kappa shape index (κ1) is 17.8. The number of para-hydroxylation sites is 1. The Morgan fingerprint density at radius 1 is 1.18 bits per heavy atom. The summed E-state index contributed by atoms with van der Waals surface area (Å²) in [5, 5.41) is 5.23. The van der Waals surface area contributed by atoms with E-state index < -0.39 is 12.3 Å². The molecule has 0 radical (unpaired) electrons. The molecule has 1 unspecified atom stereocenters. The highest BCUT2D eigenvalue weighted by Gasteiger charge is 2.12. The monoisotopic (exact) mass is 308 g/mol. The highest BCUT2D eigenvalue weighted by atomic mass is 16.5.